The molecule has 0 saturated heterocycles. The predicted molar refractivity (Wildman–Crippen MR) is 76.2 cm³/mol. The van der Waals surface area contributed by atoms with Crippen molar-refractivity contribution < 1.29 is 23.1 Å². The summed E-state index contributed by atoms with van der Waals surface area (Å²) in [6.07, 6.45) is 1.86. The summed E-state index contributed by atoms with van der Waals surface area (Å²) in [6.45, 7) is 2.06. The Kier molecular flexibility index (Phi) is 5.43. The van der Waals surface area contributed by atoms with Crippen LogP contribution < -0.4 is 5.32 Å². The Labute approximate surface area is 127 Å². The number of amides is 1. The number of carbonyl (C=O) groups is 2. The summed E-state index contributed by atoms with van der Waals surface area (Å²) < 4.78 is 30.8. The number of halogens is 2. The summed E-state index contributed by atoms with van der Waals surface area (Å²) in [7, 11) is 0. The van der Waals surface area contributed by atoms with Crippen LogP contribution in [0.1, 0.15) is 19.8 Å². The van der Waals surface area contributed by atoms with Crippen LogP contribution >= 0.6 is 0 Å². The van der Waals surface area contributed by atoms with Crippen LogP contribution in [0.4, 0.5) is 14.5 Å². The predicted octanol–water partition coefficient (Wildman–Crippen LogP) is 1.93. The van der Waals surface area contributed by atoms with E-state index in [9.17, 15) is 18.4 Å². The van der Waals surface area contributed by atoms with Crippen molar-refractivity contribution in [2.45, 2.75) is 25.8 Å². The van der Waals surface area contributed by atoms with E-state index in [2.05, 4.69) is 5.32 Å². The van der Waals surface area contributed by atoms with Crippen LogP contribution in [0.15, 0.2) is 18.2 Å². The molecular weight excluding hydrogens is 294 g/mol. The smallest absolute Gasteiger partial charge is 0.320 e. The zero-order valence-electron chi connectivity index (χ0n) is 12.3. The quantitative estimate of drug-likeness (QED) is 0.782. The average molecular weight is 312 g/mol. The molecule has 1 aromatic rings. The van der Waals surface area contributed by atoms with Crippen molar-refractivity contribution in [2.24, 2.45) is 0 Å². The topological polar surface area (TPSA) is 58.6 Å². The van der Waals surface area contributed by atoms with Gasteiger partial charge in [-0.25, -0.2) is 8.78 Å². The summed E-state index contributed by atoms with van der Waals surface area (Å²) in [5.41, 5.74) is 0.177. The van der Waals surface area contributed by atoms with Crippen molar-refractivity contribution in [2.75, 3.05) is 25.0 Å². The van der Waals surface area contributed by atoms with Crippen molar-refractivity contribution in [3.63, 3.8) is 0 Å². The number of nitrogens with zero attached hydrogens (tertiary/aromatic N) is 1. The molecule has 1 aliphatic rings. The van der Waals surface area contributed by atoms with Gasteiger partial charge >= 0.3 is 5.97 Å². The first-order valence-electron chi connectivity index (χ1n) is 7.14. The fraction of sp³-hybridized carbons (Fsp3) is 0.467. The Balaban J connectivity index is 1.90. The Morgan fingerprint density at radius 2 is 2.00 bits per heavy atom. The fourth-order valence-corrected chi connectivity index (χ4v) is 2.09. The summed E-state index contributed by atoms with van der Waals surface area (Å²) in [6, 6.07) is 3.34. The van der Waals surface area contributed by atoms with Crippen LogP contribution in [-0.4, -0.2) is 42.5 Å². The van der Waals surface area contributed by atoms with Gasteiger partial charge in [-0.1, -0.05) is 0 Å². The van der Waals surface area contributed by atoms with Gasteiger partial charge in [-0.2, -0.15) is 0 Å². The van der Waals surface area contributed by atoms with Gasteiger partial charge in [0.1, 0.15) is 0 Å². The van der Waals surface area contributed by atoms with E-state index in [1.54, 1.807) is 11.8 Å². The normalized spacial score (nSPS) is 14.0. The number of carbonyl (C=O) groups excluding carboxylic acids is 2. The Morgan fingerprint density at radius 1 is 1.27 bits per heavy atom. The minimum absolute atomic E-state index is 0.00246. The van der Waals surface area contributed by atoms with E-state index in [4.69, 9.17) is 4.74 Å². The average Bonchev–Trinajstić information content (AvgIpc) is 3.27. The summed E-state index contributed by atoms with van der Waals surface area (Å²) in [4.78, 5) is 25.2. The lowest BCUT2D eigenvalue weighted by Crippen LogP contribution is -2.39. The highest BCUT2D eigenvalue weighted by Gasteiger charge is 2.31. The van der Waals surface area contributed by atoms with E-state index in [-0.39, 0.29) is 36.7 Å². The molecule has 1 N–H and O–H groups in total. The van der Waals surface area contributed by atoms with Crippen LogP contribution in [0.5, 0.6) is 0 Å². The maximum atomic E-state index is 13.1. The van der Waals surface area contributed by atoms with Crippen molar-refractivity contribution in [3.05, 3.63) is 29.8 Å². The van der Waals surface area contributed by atoms with E-state index < -0.39 is 11.6 Å². The molecule has 2 rings (SSSR count). The third-order valence-electron chi connectivity index (χ3n) is 3.25. The van der Waals surface area contributed by atoms with Gasteiger partial charge in [0.25, 0.3) is 0 Å². The Bertz CT molecular complexity index is 562. The summed E-state index contributed by atoms with van der Waals surface area (Å²) in [5, 5.41) is 2.49. The minimum Gasteiger partial charge on any atom is -0.465 e. The van der Waals surface area contributed by atoms with Gasteiger partial charge in [0, 0.05) is 17.8 Å². The van der Waals surface area contributed by atoms with Gasteiger partial charge in [0.2, 0.25) is 5.91 Å². The standard InChI is InChI=1S/C15H18F2N2O3/c1-2-22-15(21)9-19(11-4-5-11)8-14(20)18-10-3-6-12(16)13(17)7-10/h3,6-7,11H,2,4-5,8-9H2,1H3,(H,18,20). The molecule has 1 aliphatic carbocycles. The van der Waals surface area contributed by atoms with Gasteiger partial charge in [0.05, 0.1) is 19.7 Å². The lowest BCUT2D eigenvalue weighted by molar-refractivity contribution is -0.144. The number of ether oxygens (including phenoxy) is 1. The number of benzene rings is 1. The molecule has 7 heteroatoms. The van der Waals surface area contributed by atoms with E-state index in [1.165, 1.54) is 6.07 Å². The molecule has 1 saturated carbocycles. The molecular formula is C15H18F2N2O3. The van der Waals surface area contributed by atoms with Gasteiger partial charge in [-0.15, -0.1) is 0 Å². The minimum atomic E-state index is -1.02. The van der Waals surface area contributed by atoms with Crippen LogP contribution in [0.2, 0.25) is 0 Å². The molecule has 0 aromatic heterocycles. The third kappa shape index (κ3) is 4.77. The van der Waals surface area contributed by atoms with E-state index in [1.807, 2.05) is 0 Å². The van der Waals surface area contributed by atoms with E-state index in [0.29, 0.717) is 6.61 Å². The fourth-order valence-electron chi connectivity index (χ4n) is 2.09. The molecule has 0 bridgehead atoms. The number of esters is 1. The first-order chi connectivity index (χ1) is 10.5. The van der Waals surface area contributed by atoms with Gasteiger partial charge in [0.15, 0.2) is 11.6 Å². The number of nitrogens with one attached hydrogen (secondary N) is 1. The lowest BCUT2D eigenvalue weighted by Gasteiger charge is -2.20. The van der Waals surface area contributed by atoms with Crippen LogP contribution in [0.25, 0.3) is 0 Å². The van der Waals surface area contributed by atoms with Crippen molar-refractivity contribution in [1.29, 1.82) is 0 Å². The van der Waals surface area contributed by atoms with Gasteiger partial charge < -0.3 is 10.1 Å². The first-order valence-corrected chi connectivity index (χ1v) is 7.14. The van der Waals surface area contributed by atoms with E-state index in [0.717, 1.165) is 25.0 Å². The molecule has 0 atom stereocenters. The highest BCUT2D eigenvalue weighted by Crippen LogP contribution is 2.26. The second kappa shape index (κ2) is 7.31. The van der Waals surface area contributed by atoms with Crippen molar-refractivity contribution in [1.82, 2.24) is 4.90 Å². The third-order valence-corrected chi connectivity index (χ3v) is 3.25. The second-order valence-corrected chi connectivity index (χ2v) is 5.12. The van der Waals surface area contributed by atoms with Crippen LogP contribution in [0.3, 0.4) is 0 Å². The molecule has 0 aliphatic heterocycles. The molecule has 0 heterocycles. The Hall–Kier alpha value is -2.02. The second-order valence-electron chi connectivity index (χ2n) is 5.12. The van der Waals surface area contributed by atoms with Crippen LogP contribution in [-0.2, 0) is 14.3 Å². The Morgan fingerprint density at radius 3 is 2.59 bits per heavy atom. The molecule has 5 nitrogen and oxygen atoms in total. The first kappa shape index (κ1) is 16.4. The number of hydrogen-bond acceptors (Lipinski definition) is 4. The molecule has 0 unspecified atom stereocenters. The zero-order valence-corrected chi connectivity index (χ0v) is 12.3. The van der Waals surface area contributed by atoms with Crippen LogP contribution in [0, 0.1) is 11.6 Å². The zero-order chi connectivity index (χ0) is 16.1. The summed E-state index contributed by atoms with van der Waals surface area (Å²) >= 11 is 0. The lowest BCUT2D eigenvalue weighted by atomic mass is 10.3. The molecule has 0 radical (unpaired) electrons. The van der Waals surface area contributed by atoms with Gasteiger partial charge in [-0.3, -0.25) is 14.5 Å². The highest BCUT2D eigenvalue weighted by molar-refractivity contribution is 5.92. The van der Waals surface area contributed by atoms with Crippen molar-refractivity contribution in [3.8, 4) is 0 Å². The number of anilines is 1. The molecule has 1 aromatic carbocycles. The molecule has 0 spiro atoms. The maximum Gasteiger partial charge on any atom is 0.320 e. The van der Waals surface area contributed by atoms with Crippen molar-refractivity contribution >= 4 is 17.6 Å². The molecule has 1 amide bonds. The van der Waals surface area contributed by atoms with E-state index >= 15 is 0 Å². The number of rotatable bonds is 7. The molecule has 120 valence electrons. The SMILES string of the molecule is CCOC(=O)CN(CC(=O)Nc1ccc(F)c(F)c1)C1CC1. The monoisotopic (exact) mass is 312 g/mol. The summed E-state index contributed by atoms with van der Waals surface area (Å²) in [5.74, 6) is -2.76. The molecule has 1 fully saturated rings. The van der Waals surface area contributed by atoms with Gasteiger partial charge in [-0.05, 0) is 31.9 Å². The highest BCUT2D eigenvalue weighted by atomic mass is 19.2. The number of hydrogen-bond donors (Lipinski definition) is 1. The maximum absolute atomic E-state index is 13.1. The molecule has 22 heavy (non-hydrogen) atoms. The largest absolute Gasteiger partial charge is 0.465 e.